The predicted molar refractivity (Wildman–Crippen MR) is 119 cm³/mol. The van der Waals surface area contributed by atoms with Gasteiger partial charge in [-0.3, -0.25) is 0 Å². The Morgan fingerprint density at radius 3 is 2.10 bits per heavy atom. The quantitative estimate of drug-likeness (QED) is 0.403. The van der Waals surface area contributed by atoms with Crippen LogP contribution in [0.15, 0.2) is 97.1 Å². The average Bonchev–Trinajstić information content (AvgIpc) is 2.83. The third-order valence-electron chi connectivity index (χ3n) is 5.61. The molecule has 0 unspecified atom stereocenters. The first-order valence-corrected chi connectivity index (χ1v) is 9.86. The van der Waals surface area contributed by atoms with Gasteiger partial charge in [-0.05, 0) is 41.1 Å². The molecular weight excluding hydrogens is 372 g/mol. The summed E-state index contributed by atoms with van der Waals surface area (Å²) in [6, 6.07) is 30.0. The van der Waals surface area contributed by atoms with Crippen molar-refractivity contribution < 1.29 is 14.3 Å². The lowest BCUT2D eigenvalue weighted by molar-refractivity contribution is 0.0601. The second-order valence-electron chi connectivity index (χ2n) is 7.31. The predicted octanol–water partition coefficient (Wildman–Crippen LogP) is 5.98. The van der Waals surface area contributed by atoms with E-state index in [4.69, 9.17) is 9.47 Å². The number of hydrogen-bond acceptors (Lipinski definition) is 3. The average molecular weight is 392 g/mol. The van der Waals surface area contributed by atoms with Gasteiger partial charge in [0.15, 0.2) is 5.60 Å². The number of ether oxygens (including phenoxy) is 2. The van der Waals surface area contributed by atoms with Crippen LogP contribution in [0.1, 0.15) is 27.0 Å². The number of esters is 1. The summed E-state index contributed by atoms with van der Waals surface area (Å²) in [5.74, 6) is 0.429. The topological polar surface area (TPSA) is 35.5 Å². The highest BCUT2D eigenvalue weighted by Crippen LogP contribution is 2.44. The molecule has 1 aliphatic rings. The molecule has 0 N–H and O–H groups in total. The fourth-order valence-electron chi connectivity index (χ4n) is 4.09. The molecule has 0 aliphatic carbocycles. The van der Waals surface area contributed by atoms with Crippen molar-refractivity contribution >= 4 is 22.8 Å². The third kappa shape index (κ3) is 2.87. The fraction of sp³-hybridized carbons (Fsp3) is 0.0741. The highest BCUT2D eigenvalue weighted by molar-refractivity contribution is 6.00. The molecule has 0 saturated carbocycles. The van der Waals surface area contributed by atoms with Gasteiger partial charge in [0, 0.05) is 16.7 Å². The zero-order valence-electron chi connectivity index (χ0n) is 16.5. The zero-order valence-corrected chi connectivity index (χ0v) is 16.5. The van der Waals surface area contributed by atoms with E-state index in [1.54, 1.807) is 6.07 Å². The van der Waals surface area contributed by atoms with E-state index in [9.17, 15) is 4.79 Å². The molecule has 30 heavy (non-hydrogen) atoms. The lowest BCUT2D eigenvalue weighted by Gasteiger charge is -2.36. The maximum absolute atomic E-state index is 12.0. The maximum atomic E-state index is 12.0. The van der Waals surface area contributed by atoms with Gasteiger partial charge in [0.25, 0.3) is 0 Å². The van der Waals surface area contributed by atoms with Crippen LogP contribution in [0, 0.1) is 0 Å². The molecule has 0 saturated heterocycles. The Morgan fingerprint density at radius 2 is 1.47 bits per heavy atom. The summed E-state index contributed by atoms with van der Waals surface area (Å²) in [6.07, 6.45) is 4.20. The van der Waals surface area contributed by atoms with E-state index in [1.165, 1.54) is 7.11 Å². The van der Waals surface area contributed by atoms with E-state index in [1.807, 2.05) is 60.7 Å². The Bertz CT molecular complexity index is 1220. The summed E-state index contributed by atoms with van der Waals surface area (Å²) in [5, 5.41) is 2.00. The summed E-state index contributed by atoms with van der Waals surface area (Å²) in [5.41, 5.74) is 2.88. The number of benzene rings is 4. The van der Waals surface area contributed by atoms with Gasteiger partial charge in [-0.1, -0.05) is 72.8 Å². The normalized spacial score (nSPS) is 14.0. The van der Waals surface area contributed by atoms with Crippen molar-refractivity contribution in [1.29, 1.82) is 0 Å². The molecule has 0 radical (unpaired) electrons. The summed E-state index contributed by atoms with van der Waals surface area (Å²) < 4.78 is 11.6. The first-order valence-electron chi connectivity index (χ1n) is 9.86. The zero-order chi connectivity index (χ0) is 20.6. The summed E-state index contributed by atoms with van der Waals surface area (Å²) >= 11 is 0. The van der Waals surface area contributed by atoms with Crippen LogP contribution in [0.4, 0.5) is 0 Å². The van der Waals surface area contributed by atoms with E-state index in [0.29, 0.717) is 5.56 Å². The number of fused-ring (bicyclic) bond motifs is 3. The van der Waals surface area contributed by atoms with Gasteiger partial charge in [0.1, 0.15) is 5.75 Å². The molecule has 5 rings (SSSR count). The first kappa shape index (κ1) is 18.2. The third-order valence-corrected chi connectivity index (χ3v) is 5.61. The van der Waals surface area contributed by atoms with Crippen LogP contribution in [-0.2, 0) is 10.3 Å². The minimum Gasteiger partial charge on any atom is -0.473 e. The molecule has 1 aliphatic heterocycles. The molecule has 4 aromatic carbocycles. The van der Waals surface area contributed by atoms with Gasteiger partial charge >= 0.3 is 5.97 Å². The van der Waals surface area contributed by atoms with Gasteiger partial charge in [-0.2, -0.15) is 0 Å². The molecular formula is C27H20O3. The van der Waals surface area contributed by atoms with Crippen LogP contribution >= 0.6 is 0 Å². The maximum Gasteiger partial charge on any atom is 0.337 e. The van der Waals surface area contributed by atoms with Crippen molar-refractivity contribution in [2.45, 2.75) is 5.60 Å². The van der Waals surface area contributed by atoms with E-state index in [-0.39, 0.29) is 5.97 Å². The van der Waals surface area contributed by atoms with Gasteiger partial charge in [-0.25, -0.2) is 4.79 Å². The van der Waals surface area contributed by atoms with Crippen molar-refractivity contribution in [2.75, 3.05) is 7.11 Å². The second kappa shape index (κ2) is 7.20. The van der Waals surface area contributed by atoms with E-state index < -0.39 is 5.60 Å². The second-order valence-corrected chi connectivity index (χ2v) is 7.31. The highest BCUT2D eigenvalue weighted by atomic mass is 16.5. The summed E-state index contributed by atoms with van der Waals surface area (Å²) in [7, 11) is 1.39. The van der Waals surface area contributed by atoms with Gasteiger partial charge in [0.05, 0.1) is 12.7 Å². The Balaban J connectivity index is 1.71. The minimum absolute atomic E-state index is 0.349. The van der Waals surface area contributed by atoms with Gasteiger partial charge in [0.2, 0.25) is 0 Å². The summed E-state index contributed by atoms with van der Waals surface area (Å²) in [4.78, 5) is 12.0. The Kier molecular flexibility index (Phi) is 4.36. The lowest BCUT2D eigenvalue weighted by atomic mass is 9.83. The van der Waals surface area contributed by atoms with Gasteiger partial charge < -0.3 is 9.47 Å². The largest absolute Gasteiger partial charge is 0.473 e. The van der Waals surface area contributed by atoms with Crippen LogP contribution in [-0.4, -0.2) is 13.1 Å². The molecule has 146 valence electrons. The molecule has 4 aromatic rings. The molecule has 0 bridgehead atoms. The van der Waals surface area contributed by atoms with E-state index >= 15 is 0 Å². The van der Waals surface area contributed by atoms with Gasteiger partial charge in [-0.15, -0.1) is 0 Å². The molecule has 0 aromatic heterocycles. The highest BCUT2D eigenvalue weighted by Gasteiger charge is 2.37. The van der Waals surface area contributed by atoms with Crippen molar-refractivity contribution in [2.24, 2.45) is 0 Å². The number of methoxy groups -OCH3 is 1. The Labute approximate surface area is 175 Å². The first-order chi connectivity index (χ1) is 14.7. The molecule has 0 atom stereocenters. The fourth-order valence-corrected chi connectivity index (χ4v) is 4.09. The number of carbonyl (C=O) groups is 1. The molecule has 0 fully saturated rings. The number of rotatable bonds is 3. The van der Waals surface area contributed by atoms with Crippen LogP contribution in [0.25, 0.3) is 16.8 Å². The molecule has 1 heterocycles. The Morgan fingerprint density at radius 1 is 0.833 bits per heavy atom. The molecule has 0 amide bonds. The van der Waals surface area contributed by atoms with E-state index in [0.717, 1.165) is 33.2 Å². The summed E-state index contributed by atoms with van der Waals surface area (Å²) in [6.45, 7) is 0. The lowest BCUT2D eigenvalue weighted by Crippen LogP contribution is -2.34. The van der Waals surface area contributed by atoms with Crippen molar-refractivity contribution in [3.8, 4) is 5.75 Å². The monoisotopic (exact) mass is 392 g/mol. The number of carbonyl (C=O) groups excluding carboxylic acids is 1. The van der Waals surface area contributed by atoms with Crippen molar-refractivity contribution in [3.05, 3.63) is 119 Å². The van der Waals surface area contributed by atoms with Crippen molar-refractivity contribution in [1.82, 2.24) is 0 Å². The molecule has 0 spiro atoms. The van der Waals surface area contributed by atoms with E-state index in [2.05, 4.69) is 36.4 Å². The molecule has 3 heteroatoms. The Hall–Kier alpha value is -3.85. The standard InChI is InChI=1S/C27H20O3/c1-29-26(28)20-13-12-19-14-15-25-23(24(19)18-20)16-17-27(30-25,21-8-4-2-5-9-21)22-10-6-3-7-11-22/h2-18H,1H3. The van der Waals surface area contributed by atoms with Crippen molar-refractivity contribution in [3.63, 3.8) is 0 Å². The van der Waals surface area contributed by atoms with Crippen LogP contribution in [0.3, 0.4) is 0 Å². The van der Waals surface area contributed by atoms with Crippen LogP contribution in [0.5, 0.6) is 5.75 Å². The molecule has 3 nitrogen and oxygen atoms in total. The SMILES string of the molecule is COC(=O)c1ccc2ccc3c(c2c1)C=CC(c1ccccc1)(c1ccccc1)O3. The van der Waals surface area contributed by atoms with Crippen LogP contribution in [0.2, 0.25) is 0 Å². The minimum atomic E-state index is -0.719. The van der Waals surface area contributed by atoms with Crippen LogP contribution < -0.4 is 4.74 Å². The smallest absolute Gasteiger partial charge is 0.337 e. The number of hydrogen-bond donors (Lipinski definition) is 0.